The predicted octanol–water partition coefficient (Wildman–Crippen LogP) is 2.68. The summed E-state index contributed by atoms with van der Waals surface area (Å²) in [6.45, 7) is 5.14. The van der Waals surface area contributed by atoms with E-state index in [-0.39, 0.29) is 28.0 Å². The lowest BCUT2D eigenvalue weighted by Gasteiger charge is -2.42. The van der Waals surface area contributed by atoms with Crippen molar-refractivity contribution in [3.8, 4) is 0 Å². The predicted molar refractivity (Wildman–Crippen MR) is 73.7 cm³/mol. The van der Waals surface area contributed by atoms with Gasteiger partial charge in [-0.2, -0.15) is 0 Å². The average molecular weight is 285 g/mol. The van der Waals surface area contributed by atoms with E-state index in [0.29, 0.717) is 13.1 Å². The van der Waals surface area contributed by atoms with Gasteiger partial charge in [0.2, 0.25) is 0 Å². The van der Waals surface area contributed by atoms with Crippen molar-refractivity contribution < 1.29 is 9.18 Å². The molecule has 1 aromatic rings. The number of benzene rings is 1. The lowest BCUT2D eigenvalue weighted by molar-refractivity contribution is 0.0528. The Morgan fingerprint density at radius 1 is 1.53 bits per heavy atom. The largest absolute Gasteiger partial charge is 0.338 e. The Balaban J connectivity index is 2.21. The fourth-order valence-corrected chi connectivity index (χ4v) is 2.54. The number of piperidine rings is 1. The normalized spacial score (nSPS) is 22.4. The van der Waals surface area contributed by atoms with Crippen LogP contribution in [0, 0.1) is 11.2 Å². The minimum Gasteiger partial charge on any atom is -0.338 e. The van der Waals surface area contributed by atoms with Crippen molar-refractivity contribution in [3.63, 3.8) is 0 Å². The van der Waals surface area contributed by atoms with Gasteiger partial charge in [0.1, 0.15) is 5.82 Å². The number of halogens is 2. The highest BCUT2D eigenvalue weighted by Crippen LogP contribution is 2.29. The lowest BCUT2D eigenvalue weighted by Crippen LogP contribution is -2.54. The summed E-state index contributed by atoms with van der Waals surface area (Å²) >= 11 is 5.69. The molecule has 104 valence electrons. The molecule has 1 unspecified atom stereocenters. The molecule has 1 atom stereocenters. The molecule has 0 aromatic heterocycles. The van der Waals surface area contributed by atoms with Crippen LogP contribution in [0.1, 0.15) is 30.6 Å². The first-order chi connectivity index (χ1) is 8.81. The second kappa shape index (κ2) is 5.10. The Labute approximate surface area is 117 Å². The maximum Gasteiger partial charge on any atom is 0.256 e. The van der Waals surface area contributed by atoms with E-state index >= 15 is 0 Å². The Morgan fingerprint density at radius 2 is 2.21 bits per heavy atom. The summed E-state index contributed by atoms with van der Waals surface area (Å²) in [6.07, 6.45) is 0.730. The van der Waals surface area contributed by atoms with E-state index in [1.54, 1.807) is 4.90 Å². The van der Waals surface area contributed by atoms with Gasteiger partial charge in [-0.25, -0.2) is 4.39 Å². The summed E-state index contributed by atoms with van der Waals surface area (Å²) in [5.41, 5.74) is 5.94. The molecular weight excluding hydrogens is 267 g/mol. The quantitative estimate of drug-likeness (QED) is 0.862. The van der Waals surface area contributed by atoms with Crippen molar-refractivity contribution in [2.75, 3.05) is 13.1 Å². The van der Waals surface area contributed by atoms with Crippen LogP contribution in [0.25, 0.3) is 0 Å². The smallest absolute Gasteiger partial charge is 0.256 e. The van der Waals surface area contributed by atoms with Gasteiger partial charge in [-0.05, 0) is 30.0 Å². The molecule has 1 saturated heterocycles. The summed E-state index contributed by atoms with van der Waals surface area (Å²) in [5, 5.41) is 0.287. The average Bonchev–Trinajstić information content (AvgIpc) is 2.32. The number of rotatable bonds is 1. The number of hydrogen-bond donors (Lipinski definition) is 1. The van der Waals surface area contributed by atoms with Gasteiger partial charge in [-0.3, -0.25) is 4.79 Å². The van der Waals surface area contributed by atoms with E-state index in [1.807, 2.05) is 13.8 Å². The SMILES string of the molecule is CC1(C)CN(C(=O)c2ccc(Cl)cc2F)CCC1N. The van der Waals surface area contributed by atoms with Crippen LogP contribution in [0.5, 0.6) is 0 Å². The van der Waals surface area contributed by atoms with Crippen LogP contribution >= 0.6 is 11.6 Å². The molecule has 2 rings (SSSR count). The molecule has 0 spiro atoms. The molecule has 0 saturated carbocycles. The molecule has 5 heteroatoms. The van der Waals surface area contributed by atoms with E-state index in [4.69, 9.17) is 17.3 Å². The summed E-state index contributed by atoms with van der Waals surface area (Å²) in [5.74, 6) is -0.876. The summed E-state index contributed by atoms with van der Waals surface area (Å²) in [4.78, 5) is 14.0. The van der Waals surface area contributed by atoms with Crippen LogP contribution < -0.4 is 5.73 Å². The van der Waals surface area contributed by atoms with E-state index in [0.717, 1.165) is 12.5 Å². The molecule has 3 nitrogen and oxygen atoms in total. The monoisotopic (exact) mass is 284 g/mol. The third kappa shape index (κ3) is 2.90. The van der Waals surface area contributed by atoms with Crippen LogP contribution in [0.2, 0.25) is 5.02 Å². The minimum absolute atomic E-state index is 0.0617. The Kier molecular flexibility index (Phi) is 3.83. The van der Waals surface area contributed by atoms with Crippen LogP contribution in [0.4, 0.5) is 4.39 Å². The molecule has 1 amide bonds. The van der Waals surface area contributed by atoms with Gasteiger partial charge >= 0.3 is 0 Å². The molecule has 0 radical (unpaired) electrons. The standard InChI is InChI=1S/C14H18ClFN2O/c1-14(2)8-18(6-5-12(14)17)13(19)10-4-3-9(15)7-11(10)16/h3-4,7,12H,5-6,8,17H2,1-2H3. The summed E-state index contributed by atoms with van der Waals surface area (Å²) in [6, 6.07) is 4.18. The summed E-state index contributed by atoms with van der Waals surface area (Å²) in [7, 11) is 0. The molecule has 1 aromatic carbocycles. The highest BCUT2D eigenvalue weighted by atomic mass is 35.5. The van der Waals surface area contributed by atoms with Gasteiger partial charge in [0.25, 0.3) is 5.91 Å². The van der Waals surface area contributed by atoms with Crippen LogP contribution in [0.3, 0.4) is 0 Å². The summed E-state index contributed by atoms with van der Waals surface area (Å²) < 4.78 is 13.8. The van der Waals surface area contributed by atoms with Crippen molar-refractivity contribution in [1.29, 1.82) is 0 Å². The second-order valence-electron chi connectivity index (χ2n) is 5.73. The zero-order valence-electron chi connectivity index (χ0n) is 11.1. The van der Waals surface area contributed by atoms with Gasteiger partial charge in [0.05, 0.1) is 5.56 Å². The number of amides is 1. The Morgan fingerprint density at radius 3 is 2.79 bits per heavy atom. The van der Waals surface area contributed by atoms with Crippen molar-refractivity contribution >= 4 is 17.5 Å². The molecule has 1 aliphatic heterocycles. The maximum atomic E-state index is 13.8. The topological polar surface area (TPSA) is 46.3 Å². The second-order valence-corrected chi connectivity index (χ2v) is 6.17. The zero-order valence-corrected chi connectivity index (χ0v) is 11.9. The molecule has 19 heavy (non-hydrogen) atoms. The first-order valence-corrected chi connectivity index (χ1v) is 6.69. The van der Waals surface area contributed by atoms with Gasteiger partial charge in [-0.1, -0.05) is 25.4 Å². The third-order valence-electron chi connectivity index (χ3n) is 3.76. The lowest BCUT2D eigenvalue weighted by atomic mass is 9.79. The van der Waals surface area contributed by atoms with E-state index in [1.165, 1.54) is 12.1 Å². The number of nitrogens with two attached hydrogens (primary N) is 1. The first-order valence-electron chi connectivity index (χ1n) is 6.31. The molecule has 1 heterocycles. The fourth-order valence-electron chi connectivity index (χ4n) is 2.38. The minimum atomic E-state index is -0.579. The van der Waals surface area contributed by atoms with Gasteiger partial charge in [-0.15, -0.1) is 0 Å². The van der Waals surface area contributed by atoms with Gasteiger partial charge < -0.3 is 10.6 Å². The number of carbonyl (C=O) groups excluding carboxylic acids is 1. The van der Waals surface area contributed by atoms with E-state index < -0.39 is 5.82 Å². The molecule has 1 fully saturated rings. The van der Waals surface area contributed by atoms with E-state index in [2.05, 4.69) is 0 Å². The first kappa shape index (κ1) is 14.3. The van der Waals surface area contributed by atoms with Crippen molar-refractivity contribution in [1.82, 2.24) is 4.90 Å². The van der Waals surface area contributed by atoms with Crippen molar-refractivity contribution in [3.05, 3.63) is 34.6 Å². The zero-order chi connectivity index (χ0) is 14.2. The molecule has 0 bridgehead atoms. The van der Waals surface area contributed by atoms with Gasteiger partial charge in [0, 0.05) is 24.2 Å². The molecule has 0 aliphatic carbocycles. The number of likely N-dealkylation sites (tertiary alicyclic amines) is 1. The highest BCUT2D eigenvalue weighted by molar-refractivity contribution is 6.30. The number of carbonyl (C=O) groups is 1. The van der Waals surface area contributed by atoms with Crippen LogP contribution in [-0.2, 0) is 0 Å². The fraction of sp³-hybridized carbons (Fsp3) is 0.500. The Hall–Kier alpha value is -1.13. The van der Waals surface area contributed by atoms with Crippen molar-refractivity contribution in [2.24, 2.45) is 11.1 Å². The number of nitrogens with zero attached hydrogens (tertiary/aromatic N) is 1. The van der Waals surface area contributed by atoms with Crippen LogP contribution in [0.15, 0.2) is 18.2 Å². The molecular formula is C14H18ClFN2O. The third-order valence-corrected chi connectivity index (χ3v) is 4.00. The Bertz CT molecular complexity index is 504. The van der Waals surface area contributed by atoms with Crippen molar-refractivity contribution in [2.45, 2.75) is 26.3 Å². The van der Waals surface area contributed by atoms with E-state index in [9.17, 15) is 9.18 Å². The molecule has 2 N–H and O–H groups in total. The van der Waals surface area contributed by atoms with Crippen LogP contribution in [-0.4, -0.2) is 29.9 Å². The molecule has 1 aliphatic rings. The highest BCUT2D eigenvalue weighted by Gasteiger charge is 2.36. The maximum absolute atomic E-state index is 13.8. The number of hydrogen-bond acceptors (Lipinski definition) is 2. The van der Waals surface area contributed by atoms with Gasteiger partial charge in [0.15, 0.2) is 0 Å².